The van der Waals surface area contributed by atoms with E-state index >= 15 is 0 Å². The molecular formula is C31H31F4N3O2. The molecule has 3 aromatic carbocycles. The number of fused-ring (bicyclic) bond motifs is 1. The second kappa shape index (κ2) is 12.2. The van der Waals surface area contributed by atoms with E-state index in [2.05, 4.69) is 10.2 Å². The Bertz CT molecular complexity index is 1440. The third-order valence-electron chi connectivity index (χ3n) is 7.32. The maximum absolute atomic E-state index is 13.6. The van der Waals surface area contributed by atoms with Crippen molar-refractivity contribution in [2.75, 3.05) is 39.4 Å². The van der Waals surface area contributed by atoms with Crippen LogP contribution >= 0.6 is 0 Å². The monoisotopic (exact) mass is 553 g/mol. The topological polar surface area (TPSA) is 46.5 Å². The molecule has 5 rings (SSSR count). The van der Waals surface area contributed by atoms with Crippen molar-refractivity contribution in [3.05, 3.63) is 107 Å². The standard InChI is InChI=1S/C31H31F4N3O2/c32-25-10-8-22(9-11-25)20-38-21-28(26-6-1-2-7-29(26)38)27(23-4-3-5-24(18-23)31(33,34)35)19-30(39)36-12-13-37-14-16-40-17-15-37/h1-11,18,21,27H,12-17,19-20H2,(H,36,39)/t27-/m0/s1. The quantitative estimate of drug-likeness (QED) is 0.266. The van der Waals surface area contributed by atoms with Gasteiger partial charge in [0.2, 0.25) is 5.91 Å². The third kappa shape index (κ3) is 6.71. The molecule has 0 unspecified atom stereocenters. The molecule has 4 aromatic rings. The minimum Gasteiger partial charge on any atom is -0.379 e. The molecule has 1 aliphatic rings. The van der Waals surface area contributed by atoms with Crippen LogP contribution in [0.1, 0.15) is 34.6 Å². The number of nitrogens with one attached hydrogen (secondary N) is 1. The third-order valence-corrected chi connectivity index (χ3v) is 7.32. The Hall–Kier alpha value is -3.69. The minimum atomic E-state index is -4.50. The van der Waals surface area contributed by atoms with E-state index in [0.717, 1.165) is 47.3 Å². The molecule has 2 heterocycles. The van der Waals surface area contributed by atoms with Crippen LogP contribution in [0.25, 0.3) is 10.9 Å². The SMILES string of the molecule is O=C(C[C@@H](c1cccc(C(F)(F)F)c1)c1cn(Cc2ccc(F)cc2)c2ccccc12)NCCN1CCOCC1. The number of aromatic nitrogens is 1. The summed E-state index contributed by atoms with van der Waals surface area (Å²) in [6, 6.07) is 19.0. The normalized spacial score (nSPS) is 15.3. The van der Waals surface area contributed by atoms with Gasteiger partial charge in [-0.1, -0.05) is 48.5 Å². The smallest absolute Gasteiger partial charge is 0.379 e. The van der Waals surface area contributed by atoms with Crippen LogP contribution in [0, 0.1) is 5.82 Å². The molecule has 1 atom stereocenters. The zero-order valence-corrected chi connectivity index (χ0v) is 22.0. The molecule has 1 N–H and O–H groups in total. The van der Waals surface area contributed by atoms with E-state index in [9.17, 15) is 22.4 Å². The van der Waals surface area contributed by atoms with Crippen LogP contribution in [0.15, 0.2) is 79.0 Å². The van der Waals surface area contributed by atoms with Gasteiger partial charge in [0.15, 0.2) is 0 Å². The zero-order chi connectivity index (χ0) is 28.1. The number of benzene rings is 3. The Kier molecular flexibility index (Phi) is 8.52. The molecule has 5 nitrogen and oxygen atoms in total. The number of halogens is 4. The summed E-state index contributed by atoms with van der Waals surface area (Å²) < 4.78 is 61.8. The number of hydrogen-bond acceptors (Lipinski definition) is 3. The van der Waals surface area contributed by atoms with Crippen molar-refractivity contribution in [1.82, 2.24) is 14.8 Å². The Balaban J connectivity index is 1.46. The number of para-hydroxylation sites is 1. The van der Waals surface area contributed by atoms with Crippen LogP contribution in [-0.2, 0) is 22.3 Å². The predicted molar refractivity (Wildman–Crippen MR) is 146 cm³/mol. The van der Waals surface area contributed by atoms with Gasteiger partial charge in [-0.2, -0.15) is 13.2 Å². The van der Waals surface area contributed by atoms with Crippen molar-refractivity contribution in [2.24, 2.45) is 0 Å². The minimum absolute atomic E-state index is 0.00498. The number of morpholine rings is 1. The number of carbonyl (C=O) groups is 1. The van der Waals surface area contributed by atoms with Crippen LogP contribution in [-0.4, -0.2) is 54.8 Å². The number of ether oxygens (including phenoxy) is 1. The van der Waals surface area contributed by atoms with Gasteiger partial charge in [-0.15, -0.1) is 0 Å². The summed E-state index contributed by atoms with van der Waals surface area (Å²) in [7, 11) is 0. The second-order valence-corrected chi connectivity index (χ2v) is 10.0. The summed E-state index contributed by atoms with van der Waals surface area (Å²) in [5.41, 5.74) is 2.19. The fraction of sp³-hybridized carbons (Fsp3) is 0.323. The van der Waals surface area contributed by atoms with Crippen molar-refractivity contribution < 1.29 is 27.1 Å². The highest BCUT2D eigenvalue weighted by Gasteiger charge is 2.32. The molecule has 1 aliphatic heterocycles. The van der Waals surface area contributed by atoms with E-state index in [4.69, 9.17) is 4.74 Å². The van der Waals surface area contributed by atoms with Crippen LogP contribution in [0.4, 0.5) is 17.6 Å². The van der Waals surface area contributed by atoms with Gasteiger partial charge in [0.25, 0.3) is 0 Å². The van der Waals surface area contributed by atoms with Gasteiger partial charge in [0, 0.05) is 62.2 Å². The molecule has 0 radical (unpaired) electrons. The van der Waals surface area contributed by atoms with Crippen LogP contribution in [0.5, 0.6) is 0 Å². The maximum Gasteiger partial charge on any atom is 0.416 e. The number of nitrogens with zero attached hydrogens (tertiary/aromatic N) is 2. The summed E-state index contributed by atoms with van der Waals surface area (Å²) in [6.07, 6.45) is -2.60. The molecule has 1 saturated heterocycles. The summed E-state index contributed by atoms with van der Waals surface area (Å²) in [6.45, 7) is 4.50. The molecule has 0 saturated carbocycles. The Morgan fingerprint density at radius 3 is 2.48 bits per heavy atom. The van der Waals surface area contributed by atoms with E-state index in [1.807, 2.05) is 35.0 Å². The molecule has 1 amide bonds. The van der Waals surface area contributed by atoms with E-state index in [0.29, 0.717) is 38.4 Å². The van der Waals surface area contributed by atoms with Crippen molar-refractivity contribution in [3.63, 3.8) is 0 Å². The lowest BCUT2D eigenvalue weighted by atomic mass is 9.87. The van der Waals surface area contributed by atoms with Gasteiger partial charge in [0.05, 0.1) is 18.8 Å². The highest BCUT2D eigenvalue weighted by atomic mass is 19.4. The molecule has 0 spiro atoms. The Labute approximate surface area is 230 Å². The molecule has 9 heteroatoms. The molecule has 1 aromatic heterocycles. The molecular weight excluding hydrogens is 522 g/mol. The van der Waals surface area contributed by atoms with Crippen molar-refractivity contribution >= 4 is 16.8 Å². The van der Waals surface area contributed by atoms with Crippen LogP contribution in [0.2, 0.25) is 0 Å². The lowest BCUT2D eigenvalue weighted by Crippen LogP contribution is -2.41. The van der Waals surface area contributed by atoms with E-state index in [-0.39, 0.29) is 18.1 Å². The van der Waals surface area contributed by atoms with E-state index < -0.39 is 17.7 Å². The lowest BCUT2D eigenvalue weighted by Gasteiger charge is -2.26. The number of carbonyl (C=O) groups excluding carboxylic acids is 1. The van der Waals surface area contributed by atoms with Gasteiger partial charge >= 0.3 is 6.18 Å². The average Bonchev–Trinajstić information content (AvgIpc) is 3.31. The van der Waals surface area contributed by atoms with E-state index in [1.54, 1.807) is 18.2 Å². The second-order valence-electron chi connectivity index (χ2n) is 10.0. The van der Waals surface area contributed by atoms with Crippen molar-refractivity contribution in [1.29, 1.82) is 0 Å². The van der Waals surface area contributed by atoms with Gasteiger partial charge in [-0.25, -0.2) is 4.39 Å². The molecule has 40 heavy (non-hydrogen) atoms. The summed E-state index contributed by atoms with van der Waals surface area (Å²) in [4.78, 5) is 15.4. The van der Waals surface area contributed by atoms with Gasteiger partial charge in [-0.3, -0.25) is 9.69 Å². The predicted octanol–water partition coefficient (Wildman–Crippen LogP) is 5.82. The first-order chi connectivity index (χ1) is 19.3. The molecule has 1 fully saturated rings. The number of amides is 1. The average molecular weight is 554 g/mol. The summed E-state index contributed by atoms with van der Waals surface area (Å²) in [5, 5.41) is 3.81. The first kappa shape index (κ1) is 27.9. The van der Waals surface area contributed by atoms with Crippen LogP contribution in [0.3, 0.4) is 0 Å². The first-order valence-corrected chi connectivity index (χ1v) is 13.3. The Morgan fingerprint density at radius 2 is 1.73 bits per heavy atom. The lowest BCUT2D eigenvalue weighted by molar-refractivity contribution is -0.137. The van der Waals surface area contributed by atoms with Gasteiger partial charge < -0.3 is 14.6 Å². The van der Waals surface area contributed by atoms with Crippen molar-refractivity contribution in [2.45, 2.75) is 25.1 Å². The van der Waals surface area contributed by atoms with Gasteiger partial charge in [-0.05, 0) is 41.0 Å². The highest BCUT2D eigenvalue weighted by molar-refractivity contribution is 5.86. The van der Waals surface area contributed by atoms with E-state index in [1.165, 1.54) is 18.2 Å². The maximum atomic E-state index is 13.6. The number of rotatable bonds is 9. The van der Waals surface area contributed by atoms with Crippen molar-refractivity contribution in [3.8, 4) is 0 Å². The molecule has 210 valence electrons. The zero-order valence-electron chi connectivity index (χ0n) is 22.0. The first-order valence-electron chi connectivity index (χ1n) is 13.3. The number of hydrogen-bond donors (Lipinski definition) is 1. The largest absolute Gasteiger partial charge is 0.416 e. The molecule has 0 bridgehead atoms. The number of alkyl halides is 3. The molecule has 0 aliphatic carbocycles. The van der Waals surface area contributed by atoms with Gasteiger partial charge in [0.1, 0.15) is 5.82 Å². The summed E-state index contributed by atoms with van der Waals surface area (Å²) >= 11 is 0. The summed E-state index contributed by atoms with van der Waals surface area (Å²) in [5.74, 6) is -1.16. The Morgan fingerprint density at radius 1 is 0.975 bits per heavy atom. The highest BCUT2D eigenvalue weighted by Crippen LogP contribution is 2.38. The fourth-order valence-corrected chi connectivity index (χ4v) is 5.25. The fourth-order valence-electron chi connectivity index (χ4n) is 5.25. The van der Waals surface area contributed by atoms with Crippen LogP contribution < -0.4 is 5.32 Å².